The molecule has 0 saturated carbocycles. The van der Waals surface area contributed by atoms with E-state index >= 15 is 0 Å². The normalized spacial score (nSPS) is 18.6. The third kappa shape index (κ3) is 2.92. The van der Waals surface area contributed by atoms with Crippen molar-refractivity contribution in [1.82, 2.24) is 25.1 Å². The summed E-state index contributed by atoms with van der Waals surface area (Å²) in [5.41, 5.74) is 4.46. The van der Waals surface area contributed by atoms with Gasteiger partial charge < -0.3 is 0 Å². The summed E-state index contributed by atoms with van der Waals surface area (Å²) in [4.78, 5) is 12.7. The zero-order valence-electron chi connectivity index (χ0n) is 13.1. The SMILES string of the molecule is Cc1cncc(C2CCCN2Cc2cn[nH]c2-c2cccs2)n1. The first-order valence-electron chi connectivity index (χ1n) is 7.90. The second-order valence-electron chi connectivity index (χ2n) is 5.96. The van der Waals surface area contributed by atoms with E-state index in [0.717, 1.165) is 36.6 Å². The second-order valence-corrected chi connectivity index (χ2v) is 6.91. The summed E-state index contributed by atoms with van der Waals surface area (Å²) >= 11 is 1.74. The molecule has 1 N–H and O–H groups in total. The van der Waals surface area contributed by atoms with Crippen LogP contribution >= 0.6 is 11.3 Å². The van der Waals surface area contributed by atoms with Gasteiger partial charge in [0, 0.05) is 24.5 Å². The Bertz CT molecular complexity index is 780. The molecule has 0 aliphatic carbocycles. The topological polar surface area (TPSA) is 57.7 Å². The molecule has 0 spiro atoms. The molecule has 4 heterocycles. The maximum Gasteiger partial charge on any atom is 0.0794 e. The Morgan fingerprint density at radius 2 is 2.30 bits per heavy atom. The van der Waals surface area contributed by atoms with Gasteiger partial charge in [0.2, 0.25) is 0 Å². The van der Waals surface area contributed by atoms with Crippen LogP contribution in [0.2, 0.25) is 0 Å². The molecule has 0 aromatic carbocycles. The molecule has 1 aliphatic heterocycles. The Hall–Kier alpha value is -2.05. The fraction of sp³-hybridized carbons (Fsp3) is 0.353. The van der Waals surface area contributed by atoms with Gasteiger partial charge in [-0.1, -0.05) is 6.07 Å². The van der Waals surface area contributed by atoms with E-state index in [9.17, 15) is 0 Å². The van der Waals surface area contributed by atoms with Gasteiger partial charge >= 0.3 is 0 Å². The molecule has 0 radical (unpaired) electrons. The third-order valence-electron chi connectivity index (χ3n) is 4.34. The Morgan fingerprint density at radius 3 is 3.13 bits per heavy atom. The third-order valence-corrected chi connectivity index (χ3v) is 5.22. The summed E-state index contributed by atoms with van der Waals surface area (Å²) in [5.74, 6) is 0. The summed E-state index contributed by atoms with van der Waals surface area (Å²) in [6.07, 6.45) is 8.02. The predicted octanol–water partition coefficient (Wildman–Crippen LogP) is 3.57. The lowest BCUT2D eigenvalue weighted by atomic mass is 10.1. The number of hydrogen-bond donors (Lipinski definition) is 1. The van der Waals surface area contributed by atoms with Gasteiger partial charge in [-0.25, -0.2) is 0 Å². The monoisotopic (exact) mass is 325 g/mol. The zero-order chi connectivity index (χ0) is 15.6. The minimum Gasteiger partial charge on any atom is -0.290 e. The largest absolute Gasteiger partial charge is 0.290 e. The van der Waals surface area contributed by atoms with Crippen molar-refractivity contribution in [3.63, 3.8) is 0 Å². The van der Waals surface area contributed by atoms with E-state index in [1.807, 2.05) is 25.5 Å². The minimum absolute atomic E-state index is 0.355. The molecular weight excluding hydrogens is 306 g/mol. The van der Waals surface area contributed by atoms with Gasteiger partial charge in [-0.2, -0.15) is 5.10 Å². The molecule has 1 atom stereocenters. The molecule has 3 aromatic heterocycles. The minimum atomic E-state index is 0.355. The van der Waals surface area contributed by atoms with Crippen LogP contribution in [0.3, 0.4) is 0 Å². The number of likely N-dealkylation sites (tertiary alicyclic amines) is 1. The van der Waals surface area contributed by atoms with Crippen molar-refractivity contribution >= 4 is 11.3 Å². The van der Waals surface area contributed by atoms with E-state index in [4.69, 9.17) is 0 Å². The lowest BCUT2D eigenvalue weighted by molar-refractivity contribution is 0.244. The molecule has 118 valence electrons. The molecule has 6 heteroatoms. The quantitative estimate of drug-likeness (QED) is 0.796. The molecule has 1 saturated heterocycles. The number of hydrogen-bond acceptors (Lipinski definition) is 5. The first-order valence-corrected chi connectivity index (χ1v) is 8.78. The number of aromatic nitrogens is 4. The number of aromatic amines is 1. The highest BCUT2D eigenvalue weighted by atomic mass is 32.1. The number of nitrogens with one attached hydrogen (secondary N) is 1. The van der Waals surface area contributed by atoms with E-state index in [2.05, 4.69) is 42.6 Å². The Morgan fingerprint density at radius 1 is 1.35 bits per heavy atom. The predicted molar refractivity (Wildman–Crippen MR) is 91.1 cm³/mol. The first kappa shape index (κ1) is 14.5. The van der Waals surface area contributed by atoms with Gasteiger partial charge in [-0.3, -0.25) is 20.0 Å². The van der Waals surface area contributed by atoms with Crippen LogP contribution < -0.4 is 0 Å². The summed E-state index contributed by atoms with van der Waals surface area (Å²) < 4.78 is 0. The Labute approximate surface area is 139 Å². The fourth-order valence-electron chi connectivity index (χ4n) is 3.28. The number of thiophene rings is 1. The van der Waals surface area contributed by atoms with Crippen LogP contribution in [0.4, 0.5) is 0 Å². The highest BCUT2D eigenvalue weighted by Crippen LogP contribution is 2.34. The van der Waals surface area contributed by atoms with Gasteiger partial charge in [0.05, 0.1) is 34.2 Å². The van der Waals surface area contributed by atoms with Gasteiger partial charge in [0.25, 0.3) is 0 Å². The van der Waals surface area contributed by atoms with Crippen molar-refractivity contribution < 1.29 is 0 Å². The van der Waals surface area contributed by atoms with E-state index < -0.39 is 0 Å². The van der Waals surface area contributed by atoms with Crippen LogP contribution in [0.15, 0.2) is 36.1 Å². The molecule has 1 fully saturated rings. The number of aryl methyl sites for hydroxylation is 1. The number of nitrogens with zero attached hydrogens (tertiary/aromatic N) is 4. The van der Waals surface area contributed by atoms with Crippen LogP contribution in [0.25, 0.3) is 10.6 Å². The first-order chi connectivity index (χ1) is 11.3. The number of H-pyrrole nitrogens is 1. The smallest absolute Gasteiger partial charge is 0.0794 e. The lowest BCUT2D eigenvalue weighted by Crippen LogP contribution is -2.23. The molecule has 4 rings (SSSR count). The molecular formula is C17H19N5S. The standard InChI is InChI=1S/C17H19N5S/c1-12-8-18-10-14(20-12)15-4-2-6-22(15)11-13-9-19-21-17(13)16-5-3-7-23-16/h3,5,7-10,15H,2,4,6,11H2,1H3,(H,19,21). The lowest BCUT2D eigenvalue weighted by Gasteiger charge is -2.23. The summed E-state index contributed by atoms with van der Waals surface area (Å²) in [7, 11) is 0. The van der Waals surface area contributed by atoms with E-state index in [0.29, 0.717) is 6.04 Å². The van der Waals surface area contributed by atoms with Gasteiger partial charge in [-0.05, 0) is 37.8 Å². The molecule has 0 amide bonds. The maximum absolute atomic E-state index is 4.68. The molecule has 0 bridgehead atoms. The molecule has 1 aliphatic rings. The maximum atomic E-state index is 4.68. The van der Waals surface area contributed by atoms with Gasteiger partial charge in [0.15, 0.2) is 0 Å². The highest BCUT2D eigenvalue weighted by Gasteiger charge is 2.28. The van der Waals surface area contributed by atoms with Crippen LogP contribution in [-0.4, -0.2) is 31.6 Å². The van der Waals surface area contributed by atoms with E-state index in [1.165, 1.54) is 16.9 Å². The fourth-order valence-corrected chi connectivity index (χ4v) is 4.03. The van der Waals surface area contributed by atoms with Crippen molar-refractivity contribution in [2.45, 2.75) is 32.4 Å². The summed E-state index contributed by atoms with van der Waals surface area (Å²) in [6, 6.07) is 4.56. The van der Waals surface area contributed by atoms with Gasteiger partial charge in [0.1, 0.15) is 0 Å². The number of rotatable bonds is 4. The Balaban J connectivity index is 1.58. The molecule has 3 aromatic rings. The molecule has 23 heavy (non-hydrogen) atoms. The molecule has 5 nitrogen and oxygen atoms in total. The van der Waals surface area contributed by atoms with Crippen LogP contribution in [0.5, 0.6) is 0 Å². The average Bonchev–Trinajstić information content (AvgIpc) is 3.29. The highest BCUT2D eigenvalue weighted by molar-refractivity contribution is 7.13. The van der Waals surface area contributed by atoms with Crippen LogP contribution in [-0.2, 0) is 6.54 Å². The van der Waals surface area contributed by atoms with Crippen molar-refractivity contribution in [2.24, 2.45) is 0 Å². The van der Waals surface area contributed by atoms with E-state index in [-0.39, 0.29) is 0 Å². The average molecular weight is 325 g/mol. The summed E-state index contributed by atoms with van der Waals surface area (Å²) in [6.45, 7) is 3.99. The Kier molecular flexibility index (Phi) is 3.93. The second kappa shape index (κ2) is 6.22. The zero-order valence-corrected chi connectivity index (χ0v) is 13.9. The van der Waals surface area contributed by atoms with Crippen molar-refractivity contribution in [2.75, 3.05) is 6.54 Å². The van der Waals surface area contributed by atoms with Crippen LogP contribution in [0, 0.1) is 6.92 Å². The van der Waals surface area contributed by atoms with Crippen LogP contribution in [0.1, 0.15) is 35.8 Å². The summed E-state index contributed by atoms with van der Waals surface area (Å²) in [5, 5.41) is 9.51. The molecule has 1 unspecified atom stereocenters. The van der Waals surface area contributed by atoms with Crippen molar-refractivity contribution in [3.05, 3.63) is 53.1 Å². The van der Waals surface area contributed by atoms with Crippen molar-refractivity contribution in [1.29, 1.82) is 0 Å². The van der Waals surface area contributed by atoms with Gasteiger partial charge in [-0.15, -0.1) is 11.3 Å². The van der Waals surface area contributed by atoms with E-state index in [1.54, 1.807) is 11.3 Å². The van der Waals surface area contributed by atoms with Crippen molar-refractivity contribution in [3.8, 4) is 10.6 Å².